The molecule has 0 radical (unpaired) electrons. The minimum absolute atomic E-state index is 0.0296. The number of anilines is 2. The van der Waals surface area contributed by atoms with Gasteiger partial charge in [-0.1, -0.05) is 12.1 Å². The molecular weight excluding hydrogens is 282 g/mol. The number of hydrogen-bond donors (Lipinski definition) is 1. The summed E-state index contributed by atoms with van der Waals surface area (Å²) < 4.78 is 1.84. The number of pyridine rings is 1. The minimum atomic E-state index is -0.471. The van der Waals surface area contributed by atoms with E-state index in [1.54, 1.807) is 12.3 Å². The molecule has 1 N–H and O–H groups in total. The third kappa shape index (κ3) is 3.26. The molecular formula is C15H13N5O2. The molecule has 0 bridgehead atoms. The third-order valence-electron chi connectivity index (χ3n) is 3.06. The van der Waals surface area contributed by atoms with Gasteiger partial charge in [-0.3, -0.25) is 14.8 Å². The number of hydrogen-bond acceptors (Lipinski definition) is 5. The van der Waals surface area contributed by atoms with Crippen molar-refractivity contribution in [2.45, 2.75) is 6.54 Å². The zero-order valence-corrected chi connectivity index (χ0v) is 11.6. The highest BCUT2D eigenvalue weighted by Gasteiger charge is 2.05. The molecule has 0 aliphatic carbocycles. The van der Waals surface area contributed by atoms with E-state index in [2.05, 4.69) is 15.4 Å². The zero-order valence-electron chi connectivity index (χ0n) is 11.6. The van der Waals surface area contributed by atoms with E-state index in [-0.39, 0.29) is 5.69 Å². The lowest BCUT2D eigenvalue weighted by Gasteiger charge is -2.08. The van der Waals surface area contributed by atoms with Crippen LogP contribution in [0.1, 0.15) is 5.56 Å². The molecule has 7 nitrogen and oxygen atoms in total. The van der Waals surface area contributed by atoms with Gasteiger partial charge >= 0.3 is 0 Å². The second kappa shape index (κ2) is 6.04. The van der Waals surface area contributed by atoms with E-state index in [0.29, 0.717) is 12.4 Å². The fourth-order valence-corrected chi connectivity index (χ4v) is 2.04. The number of nitrogens with one attached hydrogen (secondary N) is 1. The van der Waals surface area contributed by atoms with Gasteiger partial charge in [0, 0.05) is 24.1 Å². The maximum Gasteiger partial charge on any atom is 0.287 e. The summed E-state index contributed by atoms with van der Waals surface area (Å²) in [6.07, 6.45) is 4.87. The largest absolute Gasteiger partial charge is 0.340 e. The fraction of sp³-hybridized carbons (Fsp3) is 0.0667. The Bertz CT molecular complexity index is 769. The maximum atomic E-state index is 10.6. The number of benzene rings is 1. The highest BCUT2D eigenvalue weighted by Crippen LogP contribution is 2.18. The number of nitro groups is 1. The molecule has 1 aromatic carbocycles. The first-order chi connectivity index (χ1) is 10.7. The van der Waals surface area contributed by atoms with Crippen LogP contribution in [0.5, 0.6) is 0 Å². The first-order valence-electron chi connectivity index (χ1n) is 6.64. The van der Waals surface area contributed by atoms with E-state index >= 15 is 0 Å². The Kier molecular flexibility index (Phi) is 3.78. The molecule has 0 spiro atoms. The smallest absolute Gasteiger partial charge is 0.287 e. The van der Waals surface area contributed by atoms with E-state index in [4.69, 9.17) is 0 Å². The van der Waals surface area contributed by atoms with Crippen molar-refractivity contribution in [1.29, 1.82) is 0 Å². The van der Waals surface area contributed by atoms with Crippen LogP contribution in [0.4, 0.5) is 17.2 Å². The summed E-state index contributed by atoms with van der Waals surface area (Å²) in [6.45, 7) is 0.677. The zero-order chi connectivity index (χ0) is 15.4. The molecule has 0 aliphatic rings. The van der Waals surface area contributed by atoms with Crippen molar-refractivity contribution in [2.75, 3.05) is 5.32 Å². The topological polar surface area (TPSA) is 85.9 Å². The Hall–Kier alpha value is -3.22. The third-order valence-corrected chi connectivity index (χ3v) is 3.06. The summed E-state index contributed by atoms with van der Waals surface area (Å²) in [5.41, 5.74) is 1.93. The monoisotopic (exact) mass is 295 g/mol. The van der Waals surface area contributed by atoms with Crippen molar-refractivity contribution < 1.29 is 4.92 Å². The van der Waals surface area contributed by atoms with Gasteiger partial charge in [0.25, 0.3) is 5.69 Å². The summed E-state index contributed by atoms with van der Waals surface area (Å²) in [4.78, 5) is 14.2. The molecule has 0 saturated carbocycles. The Morgan fingerprint density at radius 1 is 1.23 bits per heavy atom. The highest BCUT2D eigenvalue weighted by molar-refractivity contribution is 5.57. The van der Waals surface area contributed by atoms with Crippen LogP contribution < -0.4 is 5.32 Å². The van der Waals surface area contributed by atoms with Crippen molar-refractivity contribution >= 4 is 17.2 Å². The normalized spacial score (nSPS) is 10.4. The second-order valence-corrected chi connectivity index (χ2v) is 4.69. The van der Waals surface area contributed by atoms with E-state index in [0.717, 1.165) is 11.3 Å². The number of nitrogens with zero attached hydrogens (tertiary/aromatic N) is 4. The Labute approximate surface area is 126 Å². The quantitative estimate of drug-likeness (QED) is 0.577. The molecule has 7 heteroatoms. The molecule has 0 atom stereocenters. The second-order valence-electron chi connectivity index (χ2n) is 4.69. The lowest BCUT2D eigenvalue weighted by atomic mass is 10.2. The molecule has 0 fully saturated rings. The molecule has 0 amide bonds. The van der Waals surface area contributed by atoms with Crippen LogP contribution in [0.25, 0.3) is 0 Å². The van der Waals surface area contributed by atoms with Crippen molar-refractivity contribution in [3.63, 3.8) is 0 Å². The van der Waals surface area contributed by atoms with E-state index in [1.165, 1.54) is 12.3 Å². The molecule has 2 aromatic heterocycles. The van der Waals surface area contributed by atoms with E-state index in [9.17, 15) is 10.1 Å². The van der Waals surface area contributed by atoms with E-state index < -0.39 is 4.92 Å². The van der Waals surface area contributed by atoms with Crippen LogP contribution >= 0.6 is 0 Å². The van der Waals surface area contributed by atoms with Gasteiger partial charge in [0.2, 0.25) is 0 Å². The lowest BCUT2D eigenvalue weighted by molar-refractivity contribution is -0.385. The van der Waals surface area contributed by atoms with Gasteiger partial charge in [0.15, 0.2) is 0 Å². The summed E-state index contributed by atoms with van der Waals surface area (Å²) >= 11 is 0. The standard InChI is InChI=1S/C15H13N5O2/c21-20(22)14-5-6-15(16-10-14)18-13-4-1-3-12(9-13)11-19-8-2-7-17-19/h1-10H,11H2,(H,16,18). The molecule has 110 valence electrons. The van der Waals surface area contributed by atoms with Crippen LogP contribution in [-0.4, -0.2) is 19.7 Å². The van der Waals surface area contributed by atoms with Gasteiger partial charge in [0.1, 0.15) is 12.0 Å². The SMILES string of the molecule is O=[N+]([O-])c1ccc(Nc2cccc(Cn3cccn3)c2)nc1. The molecule has 2 heterocycles. The van der Waals surface area contributed by atoms with Crippen LogP contribution in [-0.2, 0) is 6.54 Å². The first kappa shape index (κ1) is 13.7. The van der Waals surface area contributed by atoms with Gasteiger partial charge < -0.3 is 5.32 Å². The van der Waals surface area contributed by atoms with Gasteiger partial charge in [-0.05, 0) is 29.8 Å². The Morgan fingerprint density at radius 2 is 2.14 bits per heavy atom. The minimum Gasteiger partial charge on any atom is -0.340 e. The summed E-state index contributed by atoms with van der Waals surface area (Å²) in [6, 6.07) is 12.7. The Balaban J connectivity index is 1.73. The lowest BCUT2D eigenvalue weighted by Crippen LogP contribution is -2.01. The molecule has 0 saturated heterocycles. The van der Waals surface area contributed by atoms with Crippen LogP contribution in [0, 0.1) is 10.1 Å². The average molecular weight is 295 g/mol. The average Bonchev–Trinajstić information content (AvgIpc) is 3.01. The van der Waals surface area contributed by atoms with Gasteiger partial charge in [-0.25, -0.2) is 4.98 Å². The highest BCUT2D eigenvalue weighted by atomic mass is 16.6. The van der Waals surface area contributed by atoms with Crippen molar-refractivity contribution in [1.82, 2.24) is 14.8 Å². The van der Waals surface area contributed by atoms with Crippen molar-refractivity contribution in [3.8, 4) is 0 Å². The number of rotatable bonds is 5. The van der Waals surface area contributed by atoms with E-state index in [1.807, 2.05) is 41.2 Å². The van der Waals surface area contributed by atoms with Gasteiger partial charge in [0.05, 0.1) is 11.5 Å². The summed E-state index contributed by atoms with van der Waals surface area (Å²) in [5, 5.41) is 17.9. The van der Waals surface area contributed by atoms with Gasteiger partial charge in [-0.15, -0.1) is 0 Å². The van der Waals surface area contributed by atoms with Crippen LogP contribution in [0.15, 0.2) is 61.1 Å². The fourth-order valence-electron chi connectivity index (χ4n) is 2.04. The molecule has 0 aliphatic heterocycles. The number of aromatic nitrogens is 3. The first-order valence-corrected chi connectivity index (χ1v) is 6.64. The van der Waals surface area contributed by atoms with Crippen molar-refractivity contribution in [3.05, 3.63) is 76.7 Å². The predicted molar refractivity (Wildman–Crippen MR) is 81.9 cm³/mol. The molecule has 3 aromatic rings. The summed E-state index contributed by atoms with van der Waals surface area (Å²) in [5.74, 6) is 0.557. The molecule has 0 unspecified atom stereocenters. The van der Waals surface area contributed by atoms with Gasteiger partial charge in [-0.2, -0.15) is 5.10 Å². The summed E-state index contributed by atoms with van der Waals surface area (Å²) in [7, 11) is 0. The van der Waals surface area contributed by atoms with Crippen LogP contribution in [0.2, 0.25) is 0 Å². The molecule has 3 rings (SSSR count). The molecule has 22 heavy (non-hydrogen) atoms. The van der Waals surface area contributed by atoms with Crippen molar-refractivity contribution in [2.24, 2.45) is 0 Å². The predicted octanol–water partition coefficient (Wildman–Crippen LogP) is 2.98. The maximum absolute atomic E-state index is 10.6. The Morgan fingerprint density at radius 3 is 2.82 bits per heavy atom. The van der Waals surface area contributed by atoms with Crippen LogP contribution in [0.3, 0.4) is 0 Å².